The van der Waals surface area contributed by atoms with Crippen molar-refractivity contribution in [1.29, 1.82) is 0 Å². The number of nitrogens with zero attached hydrogens (tertiary/aromatic N) is 3. The van der Waals surface area contributed by atoms with Gasteiger partial charge in [-0.2, -0.15) is 83.4 Å². The van der Waals surface area contributed by atoms with E-state index in [-0.39, 0.29) is 12.1 Å². The van der Waals surface area contributed by atoms with E-state index in [0.29, 0.717) is 0 Å². The predicted octanol–water partition coefficient (Wildman–Crippen LogP) is 8.24. The number of azide groups is 1. The Kier molecular flexibility index (Phi) is 8.01. The summed E-state index contributed by atoms with van der Waals surface area (Å²) in [6.45, 7) is 0. The van der Waals surface area contributed by atoms with Crippen molar-refractivity contribution in [3.8, 4) is 0 Å². The molecule has 0 aliphatic rings. The van der Waals surface area contributed by atoms with Crippen LogP contribution < -0.4 is 0 Å². The van der Waals surface area contributed by atoms with Crippen LogP contribution in [0.4, 0.5) is 83.4 Å². The fraction of sp³-hybridized carbons (Fsp3) is 0.562. The maximum Gasteiger partial charge on any atom is 0.460 e. The molecule has 0 aromatic heterocycles. The van der Waals surface area contributed by atoms with Gasteiger partial charge < -0.3 is 0 Å². The average molecular weight is 615 g/mol. The standard InChI is InChI=1S/C16H4F19N3O/c17-8(18,6-3-1-5(2-4-6)7(39)37-38-36)9(19,20)10(21,22)11(23,24)12(25,26)13(27,28)14(29,30)15(31,32)16(33,34)35/h1-4H. The van der Waals surface area contributed by atoms with Crippen LogP contribution in [-0.2, 0) is 5.92 Å². The molecule has 0 aliphatic heterocycles. The quantitative estimate of drug-likeness (QED) is 0.120. The molecule has 4 nitrogen and oxygen atoms in total. The van der Waals surface area contributed by atoms with Crippen LogP contribution in [0.5, 0.6) is 0 Å². The number of carbonyl (C=O) groups excluding carboxylic acids is 1. The highest BCUT2D eigenvalue weighted by molar-refractivity contribution is 5.94. The van der Waals surface area contributed by atoms with Crippen LogP contribution in [0.25, 0.3) is 10.4 Å². The van der Waals surface area contributed by atoms with Crippen LogP contribution in [0, 0.1) is 0 Å². The van der Waals surface area contributed by atoms with Crippen molar-refractivity contribution in [1.82, 2.24) is 0 Å². The minimum atomic E-state index is -9.01. The number of hydrogen-bond acceptors (Lipinski definition) is 1. The van der Waals surface area contributed by atoms with Crippen molar-refractivity contribution < 1.29 is 88.2 Å². The third kappa shape index (κ3) is 4.46. The van der Waals surface area contributed by atoms with Gasteiger partial charge in [-0.05, 0) is 10.6 Å². The molecule has 39 heavy (non-hydrogen) atoms. The average Bonchev–Trinajstić information content (AvgIpc) is 2.77. The van der Waals surface area contributed by atoms with Crippen LogP contribution in [0.3, 0.4) is 0 Å². The fourth-order valence-electron chi connectivity index (χ4n) is 2.46. The topological polar surface area (TPSA) is 65.8 Å². The number of rotatable bonds is 9. The number of hydrogen-bond donors (Lipinski definition) is 0. The Hall–Kier alpha value is -3.13. The van der Waals surface area contributed by atoms with Gasteiger partial charge in [0.15, 0.2) is 0 Å². The maximum absolute atomic E-state index is 14.1. The van der Waals surface area contributed by atoms with Crippen LogP contribution in [0.15, 0.2) is 29.4 Å². The molecule has 0 atom stereocenters. The van der Waals surface area contributed by atoms with Gasteiger partial charge in [-0.1, -0.05) is 24.3 Å². The van der Waals surface area contributed by atoms with Gasteiger partial charge in [-0.3, -0.25) is 4.79 Å². The molecule has 0 N–H and O–H groups in total. The summed E-state index contributed by atoms with van der Waals surface area (Å²) in [7, 11) is 0. The van der Waals surface area contributed by atoms with Crippen molar-refractivity contribution >= 4 is 5.91 Å². The third-order valence-electron chi connectivity index (χ3n) is 4.75. The zero-order valence-corrected chi connectivity index (χ0v) is 17.2. The van der Waals surface area contributed by atoms with E-state index in [4.69, 9.17) is 5.53 Å². The first kappa shape index (κ1) is 33.9. The van der Waals surface area contributed by atoms with Crippen molar-refractivity contribution in [3.63, 3.8) is 0 Å². The monoisotopic (exact) mass is 615 g/mol. The van der Waals surface area contributed by atoms with Crippen molar-refractivity contribution in [2.45, 2.75) is 53.6 Å². The Morgan fingerprint density at radius 2 is 0.846 bits per heavy atom. The summed E-state index contributed by atoms with van der Waals surface area (Å²) in [5, 5.41) is 2.36. The van der Waals surface area contributed by atoms with Gasteiger partial charge in [0, 0.05) is 16.0 Å². The summed E-state index contributed by atoms with van der Waals surface area (Å²) in [4.78, 5) is 13.1. The molecule has 0 fully saturated rings. The SMILES string of the molecule is [N-]=[N+]=NC(=O)c1ccc(C(F)(F)C(F)(F)C(F)(F)C(F)(F)C(F)(F)C(F)(F)C(F)(F)C(F)(F)C(F)(F)F)cc1. The lowest BCUT2D eigenvalue weighted by Gasteiger charge is -2.43. The lowest BCUT2D eigenvalue weighted by molar-refractivity contribution is -0.469. The van der Waals surface area contributed by atoms with Crippen LogP contribution >= 0.6 is 0 Å². The molecule has 0 spiro atoms. The highest BCUT2D eigenvalue weighted by Gasteiger charge is 2.96. The number of alkyl halides is 19. The highest BCUT2D eigenvalue weighted by atomic mass is 19.4. The van der Waals surface area contributed by atoms with E-state index in [9.17, 15) is 88.2 Å². The number of amides is 1. The summed E-state index contributed by atoms with van der Waals surface area (Å²) in [6, 6.07) is -0.968. The second kappa shape index (κ2) is 9.22. The first-order chi connectivity index (χ1) is 16.9. The molecule has 0 heterocycles. The Bertz CT molecular complexity index is 1130. The lowest BCUT2D eigenvalue weighted by atomic mass is 9.86. The molecule has 0 aliphatic carbocycles. The third-order valence-corrected chi connectivity index (χ3v) is 4.75. The molecule has 0 saturated heterocycles. The second-order valence-electron chi connectivity index (χ2n) is 7.16. The summed E-state index contributed by atoms with van der Waals surface area (Å²) in [5.74, 6) is -69.2. The van der Waals surface area contributed by atoms with Gasteiger partial charge in [-0.25, -0.2) is 0 Å². The van der Waals surface area contributed by atoms with Gasteiger partial charge >= 0.3 is 53.6 Å². The Morgan fingerprint density at radius 3 is 1.15 bits per heavy atom. The zero-order chi connectivity index (χ0) is 31.5. The molecule has 1 aromatic carbocycles. The van der Waals surface area contributed by atoms with Crippen LogP contribution in [0.2, 0.25) is 0 Å². The molecular weight excluding hydrogens is 611 g/mol. The minimum absolute atomic E-state index is 0.0187. The van der Waals surface area contributed by atoms with E-state index < -0.39 is 82.7 Å². The molecule has 222 valence electrons. The molecule has 0 radical (unpaired) electrons. The minimum Gasteiger partial charge on any atom is -0.287 e. The molecule has 0 unspecified atom stereocenters. The van der Waals surface area contributed by atoms with E-state index in [0.717, 1.165) is 0 Å². The highest BCUT2D eigenvalue weighted by Crippen LogP contribution is 2.66. The molecule has 1 rings (SSSR count). The molecule has 0 saturated carbocycles. The Morgan fingerprint density at radius 1 is 0.538 bits per heavy atom. The lowest BCUT2D eigenvalue weighted by Crippen LogP contribution is -2.75. The molecule has 0 bridgehead atoms. The van der Waals surface area contributed by atoms with E-state index in [2.05, 4.69) is 5.11 Å². The largest absolute Gasteiger partial charge is 0.460 e. The number of carbonyl (C=O) groups is 1. The van der Waals surface area contributed by atoms with Gasteiger partial charge in [0.2, 0.25) is 5.91 Å². The summed E-state index contributed by atoms with van der Waals surface area (Å²) in [5.41, 5.74) is 4.47. The van der Waals surface area contributed by atoms with Crippen LogP contribution in [-0.4, -0.2) is 53.5 Å². The Labute approximate surface area is 200 Å². The zero-order valence-electron chi connectivity index (χ0n) is 17.2. The molecule has 1 aromatic rings. The normalized spacial score (nSPS) is 15.2. The summed E-state index contributed by atoms with van der Waals surface area (Å²) < 4.78 is 253. The maximum atomic E-state index is 14.1. The molecule has 1 amide bonds. The number of halogens is 19. The first-order valence-electron chi connectivity index (χ1n) is 8.74. The summed E-state index contributed by atoms with van der Waals surface area (Å²) in [6.07, 6.45) is -7.95. The van der Waals surface area contributed by atoms with Gasteiger partial charge in [-0.15, -0.1) is 0 Å². The van der Waals surface area contributed by atoms with Gasteiger partial charge in [0.25, 0.3) is 0 Å². The number of benzene rings is 1. The second-order valence-corrected chi connectivity index (χ2v) is 7.16. The van der Waals surface area contributed by atoms with E-state index >= 15 is 0 Å². The van der Waals surface area contributed by atoms with Crippen molar-refractivity contribution in [3.05, 3.63) is 45.8 Å². The molecule has 23 heteroatoms. The Balaban J connectivity index is 3.74. The first-order valence-corrected chi connectivity index (χ1v) is 8.74. The predicted molar refractivity (Wildman–Crippen MR) is 84.5 cm³/mol. The smallest absolute Gasteiger partial charge is 0.287 e. The van der Waals surface area contributed by atoms with Crippen molar-refractivity contribution in [2.24, 2.45) is 5.11 Å². The van der Waals surface area contributed by atoms with Gasteiger partial charge in [0.05, 0.1) is 0 Å². The van der Waals surface area contributed by atoms with Crippen LogP contribution in [0.1, 0.15) is 15.9 Å². The van der Waals surface area contributed by atoms with E-state index in [1.807, 2.05) is 4.91 Å². The van der Waals surface area contributed by atoms with E-state index in [1.165, 1.54) is 0 Å². The molecular formula is C16H4F19N3O. The van der Waals surface area contributed by atoms with E-state index in [1.54, 1.807) is 0 Å². The van der Waals surface area contributed by atoms with Crippen molar-refractivity contribution in [2.75, 3.05) is 0 Å². The fourth-order valence-corrected chi connectivity index (χ4v) is 2.46. The summed E-state index contributed by atoms with van der Waals surface area (Å²) >= 11 is 0. The van der Waals surface area contributed by atoms with Gasteiger partial charge in [0.1, 0.15) is 0 Å².